The molecule has 0 aromatic heterocycles. The third-order valence-electron chi connectivity index (χ3n) is 3.43. The van der Waals surface area contributed by atoms with E-state index in [2.05, 4.69) is 31.3 Å². The number of hydrogen-bond acceptors (Lipinski definition) is 3. The first-order valence-electron chi connectivity index (χ1n) is 6.18. The highest BCUT2D eigenvalue weighted by molar-refractivity contribution is 5.34. The summed E-state index contributed by atoms with van der Waals surface area (Å²) in [5, 5.41) is 3.32. The molecule has 2 rings (SSSR count). The lowest BCUT2D eigenvalue weighted by Gasteiger charge is -2.31. The van der Waals surface area contributed by atoms with Gasteiger partial charge < -0.3 is 14.8 Å². The normalized spacial score (nSPS) is 24.6. The van der Waals surface area contributed by atoms with Crippen LogP contribution in [0.3, 0.4) is 0 Å². The van der Waals surface area contributed by atoms with E-state index in [1.54, 1.807) is 7.11 Å². The van der Waals surface area contributed by atoms with E-state index in [0.29, 0.717) is 0 Å². The molecule has 0 saturated carbocycles. The highest BCUT2D eigenvalue weighted by atomic mass is 16.5. The lowest BCUT2D eigenvalue weighted by atomic mass is 10.1. The average Bonchev–Trinajstić information content (AvgIpc) is 2.34. The molecule has 1 aliphatic heterocycles. The van der Waals surface area contributed by atoms with E-state index in [0.717, 1.165) is 25.3 Å². The van der Waals surface area contributed by atoms with Crippen molar-refractivity contribution in [2.24, 2.45) is 0 Å². The highest BCUT2D eigenvalue weighted by Gasteiger charge is 2.26. The van der Waals surface area contributed by atoms with Crippen LogP contribution in [0.25, 0.3) is 0 Å². The molecular weight excluding hydrogens is 214 g/mol. The molecule has 1 N–H and O–H groups in total. The number of ether oxygens (including phenoxy) is 2. The summed E-state index contributed by atoms with van der Waals surface area (Å²) in [4.78, 5) is 0. The largest absolute Gasteiger partial charge is 0.488 e. The molecule has 0 unspecified atom stereocenters. The number of rotatable bonds is 3. The van der Waals surface area contributed by atoms with Crippen LogP contribution < -0.4 is 10.1 Å². The summed E-state index contributed by atoms with van der Waals surface area (Å²) >= 11 is 0. The predicted molar refractivity (Wildman–Crippen MR) is 68.6 cm³/mol. The van der Waals surface area contributed by atoms with Crippen molar-refractivity contribution in [2.75, 3.05) is 20.2 Å². The third-order valence-corrected chi connectivity index (χ3v) is 3.43. The van der Waals surface area contributed by atoms with E-state index >= 15 is 0 Å². The number of nitrogens with one attached hydrogen (secondary N) is 1. The zero-order chi connectivity index (χ0) is 12.3. The Hall–Kier alpha value is -1.06. The Labute approximate surface area is 103 Å². The third kappa shape index (κ3) is 2.99. The van der Waals surface area contributed by atoms with Crippen LogP contribution in [0.4, 0.5) is 0 Å². The van der Waals surface area contributed by atoms with E-state index < -0.39 is 0 Å². The molecule has 1 fully saturated rings. The molecule has 3 heteroatoms. The minimum Gasteiger partial charge on any atom is -0.488 e. The molecule has 1 aliphatic rings. The van der Waals surface area contributed by atoms with Crippen molar-refractivity contribution >= 4 is 0 Å². The Balaban J connectivity index is 2.05. The number of methoxy groups -OCH3 is 1. The quantitative estimate of drug-likeness (QED) is 0.870. The molecule has 3 nitrogen and oxygen atoms in total. The van der Waals surface area contributed by atoms with Crippen molar-refractivity contribution < 1.29 is 9.47 Å². The van der Waals surface area contributed by atoms with Gasteiger partial charge in [0.25, 0.3) is 0 Å². The van der Waals surface area contributed by atoms with Crippen molar-refractivity contribution in [1.82, 2.24) is 5.32 Å². The smallest absolute Gasteiger partial charge is 0.127 e. The van der Waals surface area contributed by atoms with Crippen molar-refractivity contribution in [2.45, 2.75) is 32.5 Å². The summed E-state index contributed by atoms with van der Waals surface area (Å²) in [6, 6.07) is 6.24. The van der Waals surface area contributed by atoms with Gasteiger partial charge in [-0.3, -0.25) is 0 Å². The first-order chi connectivity index (χ1) is 8.20. The van der Waals surface area contributed by atoms with E-state index in [1.807, 2.05) is 6.07 Å². The Kier molecular flexibility index (Phi) is 4.02. The van der Waals surface area contributed by atoms with Crippen LogP contribution in [-0.2, 0) is 4.74 Å². The predicted octanol–water partition coefficient (Wildman–Crippen LogP) is 2.06. The summed E-state index contributed by atoms with van der Waals surface area (Å²) in [5.74, 6) is 0.946. The van der Waals surface area contributed by atoms with Crippen molar-refractivity contribution in [1.29, 1.82) is 0 Å². The fourth-order valence-electron chi connectivity index (χ4n) is 2.14. The second-order valence-electron chi connectivity index (χ2n) is 4.67. The van der Waals surface area contributed by atoms with Gasteiger partial charge in [-0.1, -0.05) is 6.07 Å². The van der Waals surface area contributed by atoms with Gasteiger partial charge in [0.1, 0.15) is 18.0 Å². The van der Waals surface area contributed by atoms with Crippen molar-refractivity contribution in [3.05, 3.63) is 29.3 Å². The van der Waals surface area contributed by atoms with Gasteiger partial charge in [-0.05, 0) is 50.1 Å². The molecule has 0 amide bonds. The van der Waals surface area contributed by atoms with E-state index in [9.17, 15) is 0 Å². The van der Waals surface area contributed by atoms with E-state index in [-0.39, 0.29) is 12.2 Å². The van der Waals surface area contributed by atoms with Gasteiger partial charge in [-0.2, -0.15) is 0 Å². The summed E-state index contributed by atoms with van der Waals surface area (Å²) in [5.41, 5.74) is 2.57. The molecule has 1 aromatic rings. The highest BCUT2D eigenvalue weighted by Crippen LogP contribution is 2.21. The Bertz CT molecular complexity index is 378. The molecule has 1 saturated heterocycles. The molecule has 0 aliphatic carbocycles. The van der Waals surface area contributed by atoms with Crippen LogP contribution in [0.15, 0.2) is 18.2 Å². The van der Waals surface area contributed by atoms with Gasteiger partial charge in [0.05, 0.1) is 0 Å². The first-order valence-corrected chi connectivity index (χ1v) is 6.18. The van der Waals surface area contributed by atoms with Crippen molar-refractivity contribution in [3.63, 3.8) is 0 Å². The Morgan fingerprint density at radius 3 is 2.71 bits per heavy atom. The van der Waals surface area contributed by atoms with Crippen LogP contribution >= 0.6 is 0 Å². The number of aryl methyl sites for hydroxylation is 2. The molecule has 94 valence electrons. The zero-order valence-corrected chi connectivity index (χ0v) is 10.8. The fraction of sp³-hybridized carbons (Fsp3) is 0.571. The lowest BCUT2D eigenvalue weighted by molar-refractivity contribution is -0.0141. The molecule has 17 heavy (non-hydrogen) atoms. The van der Waals surface area contributed by atoms with E-state index in [1.165, 1.54) is 11.1 Å². The van der Waals surface area contributed by atoms with Gasteiger partial charge in [0.2, 0.25) is 0 Å². The van der Waals surface area contributed by atoms with Crippen LogP contribution in [0.1, 0.15) is 17.5 Å². The van der Waals surface area contributed by atoms with Crippen LogP contribution in [0.5, 0.6) is 5.75 Å². The lowest BCUT2D eigenvalue weighted by Crippen LogP contribution is -2.47. The molecule has 0 spiro atoms. The van der Waals surface area contributed by atoms with Gasteiger partial charge in [0, 0.05) is 13.7 Å². The van der Waals surface area contributed by atoms with Crippen LogP contribution in [0, 0.1) is 13.8 Å². The topological polar surface area (TPSA) is 30.5 Å². The van der Waals surface area contributed by atoms with E-state index in [4.69, 9.17) is 9.47 Å². The number of hydrogen-bond donors (Lipinski definition) is 1. The molecular formula is C14H21NO2. The maximum Gasteiger partial charge on any atom is 0.127 e. The average molecular weight is 235 g/mol. The first kappa shape index (κ1) is 12.4. The fourth-order valence-corrected chi connectivity index (χ4v) is 2.14. The number of piperidine rings is 1. The second kappa shape index (κ2) is 5.52. The summed E-state index contributed by atoms with van der Waals surface area (Å²) < 4.78 is 11.5. The monoisotopic (exact) mass is 235 g/mol. The molecule has 1 aromatic carbocycles. The van der Waals surface area contributed by atoms with Crippen LogP contribution in [-0.4, -0.2) is 32.4 Å². The zero-order valence-electron chi connectivity index (χ0n) is 10.8. The Morgan fingerprint density at radius 1 is 1.18 bits per heavy atom. The van der Waals surface area contributed by atoms with Gasteiger partial charge in [-0.15, -0.1) is 0 Å². The maximum absolute atomic E-state index is 6.03. The minimum atomic E-state index is 0.144. The summed E-state index contributed by atoms with van der Waals surface area (Å²) in [6.45, 7) is 6.08. The minimum absolute atomic E-state index is 0.144. The van der Waals surface area contributed by atoms with Crippen LogP contribution in [0.2, 0.25) is 0 Å². The molecule has 1 heterocycles. The summed E-state index contributed by atoms with van der Waals surface area (Å²) in [6.07, 6.45) is 1.29. The SMILES string of the molecule is CO[C@@H]1CNCC[C@H]1Oc1ccc(C)c(C)c1. The van der Waals surface area contributed by atoms with Gasteiger partial charge >= 0.3 is 0 Å². The van der Waals surface area contributed by atoms with Gasteiger partial charge in [0.15, 0.2) is 0 Å². The standard InChI is InChI=1S/C14H21NO2/c1-10-4-5-12(8-11(10)2)17-13-6-7-15-9-14(13)16-3/h4-5,8,13-15H,6-7,9H2,1-3H3/t13-,14-/m1/s1. The van der Waals surface area contributed by atoms with Gasteiger partial charge in [-0.25, -0.2) is 0 Å². The summed E-state index contributed by atoms with van der Waals surface area (Å²) in [7, 11) is 1.74. The second-order valence-corrected chi connectivity index (χ2v) is 4.67. The molecule has 2 atom stereocenters. The molecule has 0 bridgehead atoms. The Morgan fingerprint density at radius 2 is 2.00 bits per heavy atom. The number of benzene rings is 1. The molecule has 0 radical (unpaired) electrons. The maximum atomic E-state index is 6.03. The van der Waals surface area contributed by atoms with Crippen molar-refractivity contribution in [3.8, 4) is 5.75 Å².